The third-order valence-electron chi connectivity index (χ3n) is 3.71. The molecule has 0 N–H and O–H groups in total. The summed E-state index contributed by atoms with van der Waals surface area (Å²) in [5.41, 5.74) is 2.06. The van der Waals surface area contributed by atoms with Crippen LogP contribution in [0, 0.1) is 6.92 Å². The number of likely N-dealkylation sites (tertiary alicyclic amines) is 1. The lowest BCUT2D eigenvalue weighted by molar-refractivity contribution is -0.0162. The summed E-state index contributed by atoms with van der Waals surface area (Å²) < 4.78 is 16.6. The van der Waals surface area contributed by atoms with Crippen molar-refractivity contribution in [2.45, 2.75) is 25.6 Å². The molecule has 1 saturated heterocycles. The van der Waals surface area contributed by atoms with Crippen LogP contribution in [0.3, 0.4) is 0 Å². The zero-order valence-corrected chi connectivity index (χ0v) is 10.9. The number of alkyl halides is 1. The van der Waals surface area contributed by atoms with Crippen molar-refractivity contribution in [3.8, 4) is 0 Å². The Morgan fingerprint density at radius 2 is 2.22 bits per heavy atom. The average Bonchev–Trinajstić information content (AvgIpc) is 2.72. The molecule has 1 fully saturated rings. The van der Waals surface area contributed by atoms with E-state index < -0.39 is 5.79 Å². The molecule has 1 aromatic heterocycles. The van der Waals surface area contributed by atoms with Crippen molar-refractivity contribution >= 4 is 10.9 Å². The Balaban J connectivity index is 2.08. The van der Waals surface area contributed by atoms with Gasteiger partial charge in [-0.1, -0.05) is 11.6 Å². The van der Waals surface area contributed by atoms with Crippen LogP contribution in [0.4, 0.5) is 4.39 Å². The molecule has 1 aliphatic rings. The van der Waals surface area contributed by atoms with E-state index in [1.807, 2.05) is 31.0 Å². The molecule has 0 radical (unpaired) electrons. The van der Waals surface area contributed by atoms with Crippen molar-refractivity contribution in [2.75, 3.05) is 20.1 Å². The van der Waals surface area contributed by atoms with E-state index in [4.69, 9.17) is 0 Å². The zero-order valence-electron chi connectivity index (χ0n) is 10.9. The molecular formula is C14H18FN3. The Labute approximate surface area is 106 Å². The van der Waals surface area contributed by atoms with E-state index in [9.17, 15) is 0 Å². The van der Waals surface area contributed by atoms with Crippen molar-refractivity contribution < 1.29 is 4.39 Å². The molecule has 1 aliphatic heterocycles. The molecule has 2 heterocycles. The smallest absolute Gasteiger partial charge is 0.214 e. The van der Waals surface area contributed by atoms with E-state index in [0.29, 0.717) is 13.0 Å². The number of aromatic nitrogens is 2. The van der Waals surface area contributed by atoms with Gasteiger partial charge in [-0.3, -0.25) is 0 Å². The van der Waals surface area contributed by atoms with E-state index in [1.54, 1.807) is 10.9 Å². The Kier molecular flexibility index (Phi) is 2.63. The lowest BCUT2D eigenvalue weighted by atomic mass is 10.0. The molecule has 18 heavy (non-hydrogen) atoms. The molecule has 3 nitrogen and oxygen atoms in total. The van der Waals surface area contributed by atoms with Gasteiger partial charge in [0.15, 0.2) is 0 Å². The van der Waals surface area contributed by atoms with Gasteiger partial charge in [0, 0.05) is 11.8 Å². The van der Waals surface area contributed by atoms with Gasteiger partial charge in [-0.25, -0.2) is 9.07 Å². The van der Waals surface area contributed by atoms with Crippen LogP contribution in [0.1, 0.15) is 18.4 Å². The number of fused-ring (bicyclic) bond motifs is 1. The predicted molar refractivity (Wildman–Crippen MR) is 70.3 cm³/mol. The normalized spacial score (nSPS) is 25.7. The van der Waals surface area contributed by atoms with Gasteiger partial charge in [0.2, 0.25) is 5.79 Å². The Morgan fingerprint density at radius 3 is 3.00 bits per heavy atom. The Bertz CT molecular complexity index is 577. The van der Waals surface area contributed by atoms with Crippen molar-refractivity contribution in [3.05, 3.63) is 30.0 Å². The summed E-state index contributed by atoms with van der Waals surface area (Å²) in [6, 6.07) is 6.03. The number of aryl methyl sites for hydroxylation is 1. The number of piperidine rings is 1. The molecule has 0 saturated carbocycles. The third-order valence-corrected chi connectivity index (χ3v) is 3.71. The van der Waals surface area contributed by atoms with Gasteiger partial charge in [-0.05, 0) is 39.1 Å². The van der Waals surface area contributed by atoms with Gasteiger partial charge >= 0.3 is 0 Å². The number of rotatable bonds is 1. The first kappa shape index (κ1) is 11.7. The van der Waals surface area contributed by atoms with Crippen LogP contribution in [-0.2, 0) is 5.79 Å². The minimum absolute atomic E-state index is 0.414. The molecular weight excluding hydrogens is 229 g/mol. The van der Waals surface area contributed by atoms with Crippen molar-refractivity contribution in [3.63, 3.8) is 0 Å². The van der Waals surface area contributed by atoms with E-state index >= 15 is 4.39 Å². The summed E-state index contributed by atoms with van der Waals surface area (Å²) in [5, 5.41) is 5.30. The second kappa shape index (κ2) is 4.05. The van der Waals surface area contributed by atoms with Crippen LogP contribution in [-0.4, -0.2) is 34.8 Å². The second-order valence-electron chi connectivity index (χ2n) is 5.38. The highest BCUT2D eigenvalue weighted by Crippen LogP contribution is 2.32. The predicted octanol–water partition coefficient (Wildman–Crippen LogP) is 2.69. The van der Waals surface area contributed by atoms with Crippen molar-refractivity contribution in [2.24, 2.45) is 0 Å². The van der Waals surface area contributed by atoms with E-state index in [0.717, 1.165) is 23.9 Å². The van der Waals surface area contributed by atoms with Gasteiger partial charge in [0.05, 0.1) is 18.3 Å². The fraction of sp³-hybridized carbons (Fsp3) is 0.500. The maximum absolute atomic E-state index is 15.1. The third kappa shape index (κ3) is 1.81. The first-order valence-corrected chi connectivity index (χ1v) is 6.41. The fourth-order valence-corrected chi connectivity index (χ4v) is 2.84. The zero-order chi connectivity index (χ0) is 12.8. The highest BCUT2D eigenvalue weighted by molar-refractivity contribution is 5.79. The van der Waals surface area contributed by atoms with Crippen molar-refractivity contribution in [1.29, 1.82) is 0 Å². The van der Waals surface area contributed by atoms with Crippen LogP contribution in [0.25, 0.3) is 10.9 Å². The summed E-state index contributed by atoms with van der Waals surface area (Å²) >= 11 is 0. The van der Waals surface area contributed by atoms with Gasteiger partial charge in [-0.15, -0.1) is 0 Å². The van der Waals surface area contributed by atoms with E-state index in [-0.39, 0.29) is 0 Å². The molecule has 2 aromatic rings. The maximum Gasteiger partial charge on any atom is 0.214 e. The molecule has 1 aromatic carbocycles. The first-order chi connectivity index (χ1) is 8.58. The van der Waals surface area contributed by atoms with Crippen LogP contribution in [0.5, 0.6) is 0 Å². The Hall–Kier alpha value is -1.42. The molecule has 0 bridgehead atoms. The minimum Gasteiger partial charge on any atom is -0.301 e. The largest absolute Gasteiger partial charge is 0.301 e. The highest BCUT2D eigenvalue weighted by atomic mass is 19.1. The summed E-state index contributed by atoms with van der Waals surface area (Å²) in [6.45, 7) is 3.41. The minimum atomic E-state index is -1.37. The van der Waals surface area contributed by atoms with Crippen LogP contribution < -0.4 is 0 Å². The maximum atomic E-state index is 15.1. The number of benzene rings is 1. The summed E-state index contributed by atoms with van der Waals surface area (Å²) in [5.74, 6) is -1.37. The van der Waals surface area contributed by atoms with E-state index in [2.05, 4.69) is 11.2 Å². The molecule has 0 spiro atoms. The molecule has 4 heteroatoms. The standard InChI is InChI=1S/C14H18FN3/c1-11-4-5-13-12(8-11)9-16-18(13)14(15)6-3-7-17(2)10-14/h4-5,8-9H,3,6-7,10H2,1-2H3. The molecule has 3 rings (SSSR count). The molecule has 96 valence electrons. The molecule has 0 amide bonds. The molecule has 0 aliphatic carbocycles. The lowest BCUT2D eigenvalue weighted by Crippen LogP contribution is -2.45. The van der Waals surface area contributed by atoms with Gasteiger partial charge < -0.3 is 4.90 Å². The monoisotopic (exact) mass is 247 g/mol. The summed E-state index contributed by atoms with van der Waals surface area (Å²) in [7, 11) is 1.96. The fourth-order valence-electron chi connectivity index (χ4n) is 2.84. The second-order valence-corrected chi connectivity index (χ2v) is 5.38. The van der Waals surface area contributed by atoms with Crippen LogP contribution >= 0.6 is 0 Å². The molecule has 1 atom stereocenters. The van der Waals surface area contributed by atoms with Gasteiger partial charge in [0.25, 0.3) is 0 Å². The van der Waals surface area contributed by atoms with Crippen molar-refractivity contribution in [1.82, 2.24) is 14.7 Å². The van der Waals surface area contributed by atoms with Gasteiger partial charge in [0.1, 0.15) is 0 Å². The Morgan fingerprint density at radius 1 is 1.39 bits per heavy atom. The summed E-state index contributed by atoms with van der Waals surface area (Å²) in [6.07, 6.45) is 3.18. The number of halogens is 1. The first-order valence-electron chi connectivity index (χ1n) is 6.41. The SMILES string of the molecule is Cc1ccc2c(cnn2C2(F)CCCN(C)C2)c1. The summed E-state index contributed by atoms with van der Waals surface area (Å²) in [4.78, 5) is 2.03. The van der Waals surface area contributed by atoms with Crippen LogP contribution in [0.2, 0.25) is 0 Å². The highest BCUT2D eigenvalue weighted by Gasteiger charge is 2.37. The number of hydrogen-bond donors (Lipinski definition) is 0. The van der Waals surface area contributed by atoms with Crippen LogP contribution in [0.15, 0.2) is 24.4 Å². The number of likely N-dealkylation sites (N-methyl/N-ethyl adjacent to an activating group) is 1. The average molecular weight is 247 g/mol. The number of nitrogens with zero attached hydrogens (tertiary/aromatic N) is 3. The van der Waals surface area contributed by atoms with E-state index in [1.165, 1.54) is 5.56 Å². The quantitative estimate of drug-likeness (QED) is 0.772. The topological polar surface area (TPSA) is 21.1 Å². The molecule has 1 unspecified atom stereocenters. The van der Waals surface area contributed by atoms with Gasteiger partial charge in [-0.2, -0.15) is 5.10 Å². The number of hydrogen-bond acceptors (Lipinski definition) is 2. The lowest BCUT2D eigenvalue weighted by Gasteiger charge is -2.35.